The van der Waals surface area contributed by atoms with Crippen molar-refractivity contribution in [3.8, 4) is 11.8 Å². The van der Waals surface area contributed by atoms with Gasteiger partial charge in [0.2, 0.25) is 0 Å². The molecule has 20 heavy (non-hydrogen) atoms. The van der Waals surface area contributed by atoms with Crippen molar-refractivity contribution in [3.63, 3.8) is 0 Å². The van der Waals surface area contributed by atoms with Gasteiger partial charge in [-0.3, -0.25) is 9.59 Å². The third-order valence-corrected chi connectivity index (χ3v) is 2.80. The molecule has 2 amide bonds. The Morgan fingerprint density at radius 3 is 2.65 bits per heavy atom. The van der Waals surface area contributed by atoms with Crippen molar-refractivity contribution in [2.24, 2.45) is 0 Å². The zero-order chi connectivity index (χ0) is 14.5. The first-order chi connectivity index (χ1) is 9.63. The number of anilines is 1. The van der Waals surface area contributed by atoms with Gasteiger partial charge in [0.05, 0.1) is 12.3 Å². The van der Waals surface area contributed by atoms with Crippen molar-refractivity contribution < 1.29 is 19.4 Å². The maximum absolute atomic E-state index is 11.9. The van der Waals surface area contributed by atoms with Crippen LogP contribution in [0.3, 0.4) is 0 Å². The molecule has 5 heteroatoms. The van der Waals surface area contributed by atoms with Crippen molar-refractivity contribution in [2.45, 2.75) is 13.3 Å². The minimum Gasteiger partial charge on any atom is -0.395 e. The first-order valence-electron chi connectivity index (χ1n) is 6.27. The lowest BCUT2D eigenvalue weighted by Gasteiger charge is -2.26. The molecule has 1 saturated heterocycles. The van der Waals surface area contributed by atoms with Gasteiger partial charge in [0.15, 0.2) is 0 Å². The van der Waals surface area contributed by atoms with E-state index in [1.807, 2.05) is 13.0 Å². The maximum Gasteiger partial charge on any atom is 0.259 e. The van der Waals surface area contributed by atoms with E-state index in [0.29, 0.717) is 17.7 Å². The summed E-state index contributed by atoms with van der Waals surface area (Å²) in [5, 5.41) is 8.75. The summed E-state index contributed by atoms with van der Waals surface area (Å²) in [6.45, 7) is 1.64. The number of hydrogen-bond acceptors (Lipinski definition) is 4. The summed E-state index contributed by atoms with van der Waals surface area (Å²) in [7, 11) is 0. The van der Waals surface area contributed by atoms with Gasteiger partial charge in [-0.2, -0.15) is 0 Å². The Morgan fingerprint density at radius 2 is 2.00 bits per heavy atom. The average Bonchev–Trinajstić information content (AvgIpc) is 2.41. The molecule has 0 radical (unpaired) electrons. The minimum absolute atomic E-state index is 0.0242. The van der Waals surface area contributed by atoms with Crippen LogP contribution in [0, 0.1) is 18.8 Å². The van der Waals surface area contributed by atoms with E-state index in [4.69, 9.17) is 9.84 Å². The molecule has 1 aliphatic heterocycles. The summed E-state index contributed by atoms with van der Waals surface area (Å²) in [6, 6.07) is 5.39. The number of hydrogen-bond donors (Lipinski definition) is 1. The minimum atomic E-state index is -0.392. The monoisotopic (exact) mass is 273 g/mol. The van der Waals surface area contributed by atoms with Gasteiger partial charge < -0.3 is 9.84 Å². The van der Waals surface area contributed by atoms with E-state index >= 15 is 0 Å². The summed E-state index contributed by atoms with van der Waals surface area (Å²) in [6.07, 6.45) is 0.346. The fourth-order valence-electron chi connectivity index (χ4n) is 1.91. The Hall–Kier alpha value is -2.16. The lowest BCUT2D eigenvalue weighted by molar-refractivity contribution is -0.138. The van der Waals surface area contributed by atoms with E-state index in [1.54, 1.807) is 12.1 Å². The smallest absolute Gasteiger partial charge is 0.259 e. The van der Waals surface area contributed by atoms with E-state index in [9.17, 15) is 9.59 Å². The van der Waals surface area contributed by atoms with Crippen LogP contribution in [0.4, 0.5) is 5.69 Å². The molecule has 0 aromatic heterocycles. The summed E-state index contributed by atoms with van der Waals surface area (Å²) < 4.78 is 4.90. The molecule has 0 bridgehead atoms. The normalized spacial score (nSPS) is 15.0. The maximum atomic E-state index is 11.9. The Morgan fingerprint density at radius 1 is 1.30 bits per heavy atom. The second-order valence-electron chi connectivity index (χ2n) is 4.41. The summed E-state index contributed by atoms with van der Waals surface area (Å²) in [5.74, 6) is 4.90. The van der Waals surface area contributed by atoms with Crippen LogP contribution in [-0.2, 0) is 14.3 Å². The van der Waals surface area contributed by atoms with Crippen LogP contribution in [0.15, 0.2) is 18.2 Å². The third kappa shape index (κ3) is 3.05. The van der Waals surface area contributed by atoms with Gasteiger partial charge in [-0.15, -0.1) is 0 Å². The van der Waals surface area contributed by atoms with Gasteiger partial charge in [-0.05, 0) is 24.6 Å². The number of aliphatic hydroxyl groups is 1. The number of rotatable bonds is 2. The topological polar surface area (TPSA) is 66.8 Å². The van der Waals surface area contributed by atoms with Crippen LogP contribution in [0.1, 0.15) is 17.5 Å². The number of ether oxygens (including phenoxy) is 1. The third-order valence-electron chi connectivity index (χ3n) is 2.80. The Bertz CT molecular complexity index is 582. The number of aliphatic hydroxyl groups excluding tert-OH is 1. The standard InChI is InChI=1S/C15H15NO4/c1-11-5-6-12(4-2-3-7-17)13(8-11)16-14(18)9-20-10-15(16)19/h5-6,8,17H,3,7,9-10H2,1H3. The van der Waals surface area contributed by atoms with Crippen LogP contribution in [0.2, 0.25) is 0 Å². The highest BCUT2D eigenvalue weighted by Crippen LogP contribution is 2.23. The Kier molecular flexibility index (Phi) is 4.51. The number of benzene rings is 1. The molecule has 104 valence electrons. The van der Waals surface area contributed by atoms with E-state index < -0.39 is 11.8 Å². The van der Waals surface area contributed by atoms with Gasteiger partial charge in [0, 0.05) is 12.0 Å². The molecule has 5 nitrogen and oxygen atoms in total. The number of carbonyl (C=O) groups excluding carboxylic acids is 2. The lowest BCUT2D eigenvalue weighted by atomic mass is 10.1. The summed E-state index contributed by atoms with van der Waals surface area (Å²) >= 11 is 0. The quantitative estimate of drug-likeness (QED) is 0.633. The highest BCUT2D eigenvalue weighted by molar-refractivity contribution is 6.17. The first-order valence-corrected chi connectivity index (χ1v) is 6.27. The molecular weight excluding hydrogens is 258 g/mol. The number of aryl methyl sites for hydroxylation is 1. The summed E-state index contributed by atoms with van der Waals surface area (Å²) in [4.78, 5) is 24.9. The second-order valence-corrected chi connectivity index (χ2v) is 4.41. The average molecular weight is 273 g/mol. The predicted octanol–water partition coefficient (Wildman–Crippen LogP) is 0.619. The molecule has 1 heterocycles. The van der Waals surface area contributed by atoms with Crippen LogP contribution < -0.4 is 4.90 Å². The fourth-order valence-corrected chi connectivity index (χ4v) is 1.91. The molecule has 0 atom stereocenters. The van der Waals surface area contributed by atoms with Crippen molar-refractivity contribution in [3.05, 3.63) is 29.3 Å². The number of carbonyl (C=O) groups is 2. The molecule has 1 fully saturated rings. The Balaban J connectivity index is 2.43. The van der Waals surface area contributed by atoms with Crippen LogP contribution in [0.5, 0.6) is 0 Å². The van der Waals surface area contributed by atoms with Gasteiger partial charge >= 0.3 is 0 Å². The van der Waals surface area contributed by atoms with Gasteiger partial charge in [0.25, 0.3) is 11.8 Å². The number of morpholine rings is 1. The zero-order valence-corrected chi connectivity index (χ0v) is 11.2. The van der Waals surface area contributed by atoms with E-state index in [1.165, 1.54) is 0 Å². The zero-order valence-electron chi connectivity index (χ0n) is 11.2. The molecule has 0 aliphatic carbocycles. The van der Waals surface area contributed by atoms with Crippen molar-refractivity contribution in [1.29, 1.82) is 0 Å². The lowest BCUT2D eigenvalue weighted by Crippen LogP contribution is -2.46. The van der Waals surface area contributed by atoms with Crippen molar-refractivity contribution in [2.75, 3.05) is 24.7 Å². The number of imide groups is 1. The molecule has 2 rings (SSSR count). The van der Waals surface area contributed by atoms with Crippen molar-refractivity contribution >= 4 is 17.5 Å². The highest BCUT2D eigenvalue weighted by atomic mass is 16.5. The molecule has 1 N–H and O–H groups in total. The molecule has 1 aliphatic rings. The summed E-state index contributed by atoms with van der Waals surface area (Å²) in [5.41, 5.74) is 2.00. The second kappa shape index (κ2) is 6.33. The molecule has 1 aromatic carbocycles. The van der Waals surface area contributed by atoms with E-state index in [2.05, 4.69) is 11.8 Å². The van der Waals surface area contributed by atoms with Crippen molar-refractivity contribution in [1.82, 2.24) is 0 Å². The molecular formula is C15H15NO4. The number of nitrogens with zero attached hydrogens (tertiary/aromatic N) is 1. The van der Waals surface area contributed by atoms with E-state index in [0.717, 1.165) is 10.5 Å². The fraction of sp³-hybridized carbons (Fsp3) is 0.333. The first kappa shape index (κ1) is 14.3. The largest absolute Gasteiger partial charge is 0.395 e. The predicted molar refractivity (Wildman–Crippen MR) is 73.1 cm³/mol. The number of amides is 2. The Labute approximate surface area is 117 Å². The van der Waals surface area contributed by atoms with Gasteiger partial charge in [0.1, 0.15) is 13.2 Å². The highest BCUT2D eigenvalue weighted by Gasteiger charge is 2.29. The molecule has 0 saturated carbocycles. The van der Waals surface area contributed by atoms with Gasteiger partial charge in [-0.1, -0.05) is 17.9 Å². The van der Waals surface area contributed by atoms with Crippen LogP contribution in [0.25, 0.3) is 0 Å². The van der Waals surface area contributed by atoms with Crippen LogP contribution in [-0.4, -0.2) is 36.7 Å². The van der Waals surface area contributed by atoms with Crippen LogP contribution >= 0.6 is 0 Å². The van der Waals surface area contributed by atoms with Gasteiger partial charge in [-0.25, -0.2) is 4.90 Å². The SMILES string of the molecule is Cc1ccc(C#CCCO)c(N2C(=O)COCC2=O)c1. The molecule has 1 aromatic rings. The molecule has 0 unspecified atom stereocenters. The van der Waals surface area contributed by atoms with E-state index in [-0.39, 0.29) is 19.8 Å². The molecule has 0 spiro atoms.